The number of carbonyl (C=O) groups is 1. The molecule has 0 amide bonds. The maximum Gasteiger partial charge on any atom is 0.403 e. The molecule has 0 aromatic heterocycles. The summed E-state index contributed by atoms with van der Waals surface area (Å²) in [4.78, 5) is 10.4. The largest absolute Gasteiger partial charge is 0.481 e. The zero-order valence-corrected chi connectivity index (χ0v) is 10.2. The maximum absolute atomic E-state index is 12.3. The Hall–Kier alpha value is -0.830. The normalized spacial score (nSPS) is 24.9. The highest BCUT2D eigenvalue weighted by atomic mass is 32.2. The van der Waals surface area contributed by atoms with E-state index in [1.165, 1.54) is 0 Å². The molecule has 2 atom stereocenters. The van der Waals surface area contributed by atoms with Crippen LogP contribution in [0.25, 0.3) is 0 Å². The fourth-order valence-electron chi connectivity index (χ4n) is 1.82. The number of nitrogens with one attached hydrogen (secondary N) is 1. The molecule has 1 aliphatic heterocycles. The SMILES string of the molecule is O=C(O)C(CNCC1CCCS1(=O)=O)C(F)(F)F. The van der Waals surface area contributed by atoms with Gasteiger partial charge in [0.25, 0.3) is 0 Å². The molecule has 0 bridgehead atoms. The van der Waals surface area contributed by atoms with Gasteiger partial charge in [-0.1, -0.05) is 0 Å². The molecular formula is C9H14F3NO4S. The second-order valence-electron chi connectivity index (χ2n) is 4.22. The lowest BCUT2D eigenvalue weighted by Crippen LogP contribution is -2.41. The first kappa shape index (κ1) is 15.2. The number of alkyl halides is 3. The van der Waals surface area contributed by atoms with E-state index in [1.807, 2.05) is 0 Å². The first-order valence-electron chi connectivity index (χ1n) is 5.36. The van der Waals surface area contributed by atoms with E-state index in [9.17, 15) is 26.4 Å². The van der Waals surface area contributed by atoms with Crippen LogP contribution in [0.15, 0.2) is 0 Å². The lowest BCUT2D eigenvalue weighted by molar-refractivity contribution is -0.192. The Bertz CT molecular complexity index is 407. The predicted octanol–water partition coefficient (Wildman–Crippen LogP) is 0.416. The minimum absolute atomic E-state index is 0.0426. The molecule has 2 N–H and O–H groups in total. The van der Waals surface area contributed by atoms with Gasteiger partial charge in [0.1, 0.15) is 0 Å². The lowest BCUT2D eigenvalue weighted by atomic mass is 10.1. The summed E-state index contributed by atoms with van der Waals surface area (Å²) in [6, 6.07) is 0. The van der Waals surface area contributed by atoms with E-state index in [2.05, 4.69) is 5.32 Å². The van der Waals surface area contributed by atoms with E-state index >= 15 is 0 Å². The summed E-state index contributed by atoms with van der Waals surface area (Å²) >= 11 is 0. The van der Waals surface area contributed by atoms with Gasteiger partial charge in [-0.2, -0.15) is 13.2 Å². The van der Waals surface area contributed by atoms with Gasteiger partial charge in [0.2, 0.25) is 0 Å². The van der Waals surface area contributed by atoms with Gasteiger partial charge >= 0.3 is 12.1 Å². The Morgan fingerprint density at radius 1 is 1.44 bits per heavy atom. The average Bonchev–Trinajstić information content (AvgIpc) is 2.50. The van der Waals surface area contributed by atoms with E-state index in [0.29, 0.717) is 12.8 Å². The molecule has 1 heterocycles. The Labute approximate surface area is 102 Å². The fraction of sp³-hybridized carbons (Fsp3) is 0.889. The van der Waals surface area contributed by atoms with Crippen LogP contribution in [0.2, 0.25) is 0 Å². The second-order valence-corrected chi connectivity index (χ2v) is 6.62. The predicted molar refractivity (Wildman–Crippen MR) is 56.9 cm³/mol. The third-order valence-corrected chi connectivity index (χ3v) is 5.15. The molecule has 1 rings (SSSR count). The molecular weight excluding hydrogens is 275 g/mol. The summed E-state index contributed by atoms with van der Waals surface area (Å²) in [6.07, 6.45) is -3.94. The third kappa shape index (κ3) is 3.84. The van der Waals surface area contributed by atoms with Crippen molar-refractivity contribution in [1.82, 2.24) is 5.32 Å². The van der Waals surface area contributed by atoms with Crippen molar-refractivity contribution >= 4 is 15.8 Å². The average molecular weight is 289 g/mol. The number of rotatable bonds is 5. The Kier molecular flexibility index (Phi) is 4.60. The smallest absolute Gasteiger partial charge is 0.403 e. The highest BCUT2D eigenvalue weighted by Gasteiger charge is 2.45. The van der Waals surface area contributed by atoms with Crippen LogP contribution in [0.4, 0.5) is 13.2 Å². The van der Waals surface area contributed by atoms with E-state index in [-0.39, 0.29) is 12.3 Å². The zero-order valence-electron chi connectivity index (χ0n) is 9.40. The van der Waals surface area contributed by atoms with E-state index in [0.717, 1.165) is 0 Å². The molecule has 9 heteroatoms. The monoisotopic (exact) mass is 289 g/mol. The molecule has 18 heavy (non-hydrogen) atoms. The van der Waals surface area contributed by atoms with Crippen LogP contribution in [0.3, 0.4) is 0 Å². The van der Waals surface area contributed by atoms with Gasteiger partial charge in [-0.3, -0.25) is 4.79 Å². The third-order valence-electron chi connectivity index (χ3n) is 2.88. The van der Waals surface area contributed by atoms with Crippen molar-refractivity contribution in [3.8, 4) is 0 Å². The highest BCUT2D eigenvalue weighted by molar-refractivity contribution is 7.92. The summed E-state index contributed by atoms with van der Waals surface area (Å²) in [5.74, 6) is -4.44. The molecule has 1 aliphatic rings. The van der Waals surface area contributed by atoms with Crippen molar-refractivity contribution in [2.75, 3.05) is 18.8 Å². The summed E-state index contributed by atoms with van der Waals surface area (Å²) in [5, 5.41) is 10.0. The van der Waals surface area contributed by atoms with Crippen molar-refractivity contribution in [1.29, 1.82) is 0 Å². The molecule has 5 nitrogen and oxygen atoms in total. The molecule has 0 spiro atoms. The standard InChI is InChI=1S/C9H14F3NO4S/c10-9(11,12)7(8(14)15)5-13-4-6-2-1-3-18(6,16)17/h6-7,13H,1-5H2,(H,14,15). The van der Waals surface area contributed by atoms with E-state index < -0.39 is 39.7 Å². The number of halogens is 3. The summed E-state index contributed by atoms with van der Waals surface area (Å²) in [7, 11) is -3.23. The molecule has 0 radical (unpaired) electrons. The van der Waals surface area contributed by atoms with Gasteiger partial charge in [-0.05, 0) is 12.8 Å². The van der Waals surface area contributed by atoms with Gasteiger partial charge < -0.3 is 10.4 Å². The van der Waals surface area contributed by atoms with E-state index in [1.54, 1.807) is 0 Å². The quantitative estimate of drug-likeness (QED) is 0.766. The van der Waals surface area contributed by atoms with Gasteiger partial charge in [-0.25, -0.2) is 8.42 Å². The minimum Gasteiger partial charge on any atom is -0.481 e. The van der Waals surface area contributed by atoms with Crippen LogP contribution in [0, 0.1) is 5.92 Å². The number of carboxylic acid groups (broad SMARTS) is 1. The molecule has 0 aromatic carbocycles. The number of carboxylic acids is 1. The van der Waals surface area contributed by atoms with Gasteiger partial charge in [0, 0.05) is 13.1 Å². The first-order valence-corrected chi connectivity index (χ1v) is 7.08. The number of aliphatic carboxylic acids is 1. The molecule has 0 aromatic rings. The van der Waals surface area contributed by atoms with Crippen LogP contribution in [0.5, 0.6) is 0 Å². The minimum atomic E-state index is -4.84. The molecule has 0 saturated carbocycles. The van der Waals surface area contributed by atoms with Crippen LogP contribution < -0.4 is 5.32 Å². The summed E-state index contributed by atoms with van der Waals surface area (Å²) in [5.41, 5.74) is 0. The topological polar surface area (TPSA) is 83.5 Å². The number of sulfone groups is 1. The lowest BCUT2D eigenvalue weighted by Gasteiger charge is -2.17. The number of hydrogen-bond acceptors (Lipinski definition) is 4. The highest BCUT2D eigenvalue weighted by Crippen LogP contribution is 2.26. The Balaban J connectivity index is 2.48. The van der Waals surface area contributed by atoms with Crippen LogP contribution in [-0.2, 0) is 14.6 Å². The van der Waals surface area contributed by atoms with Crippen molar-refractivity contribution in [2.24, 2.45) is 5.92 Å². The van der Waals surface area contributed by atoms with Crippen LogP contribution in [-0.4, -0.2) is 49.8 Å². The summed E-state index contributed by atoms with van der Waals surface area (Å²) in [6.45, 7) is -0.951. The second kappa shape index (κ2) is 5.43. The molecule has 1 saturated heterocycles. The molecule has 0 aliphatic carbocycles. The van der Waals surface area contributed by atoms with Crippen molar-refractivity contribution < 1.29 is 31.5 Å². The summed E-state index contributed by atoms with van der Waals surface area (Å²) < 4.78 is 59.6. The maximum atomic E-state index is 12.3. The fourth-order valence-corrected chi connectivity index (χ4v) is 3.62. The van der Waals surface area contributed by atoms with Gasteiger partial charge in [0.05, 0.1) is 11.0 Å². The van der Waals surface area contributed by atoms with Gasteiger partial charge in [0.15, 0.2) is 15.8 Å². The van der Waals surface area contributed by atoms with Gasteiger partial charge in [-0.15, -0.1) is 0 Å². The van der Waals surface area contributed by atoms with Crippen molar-refractivity contribution in [3.05, 3.63) is 0 Å². The van der Waals surface area contributed by atoms with Crippen LogP contribution in [0.1, 0.15) is 12.8 Å². The van der Waals surface area contributed by atoms with E-state index in [4.69, 9.17) is 5.11 Å². The molecule has 1 fully saturated rings. The molecule has 2 unspecified atom stereocenters. The Morgan fingerprint density at radius 3 is 2.44 bits per heavy atom. The first-order chi connectivity index (χ1) is 8.14. The molecule has 106 valence electrons. The Morgan fingerprint density at radius 2 is 2.06 bits per heavy atom. The van der Waals surface area contributed by atoms with Crippen molar-refractivity contribution in [2.45, 2.75) is 24.3 Å². The number of hydrogen-bond donors (Lipinski definition) is 2. The van der Waals surface area contributed by atoms with Crippen molar-refractivity contribution in [3.63, 3.8) is 0 Å². The van der Waals surface area contributed by atoms with Crippen LogP contribution >= 0.6 is 0 Å². The zero-order chi connectivity index (χ0) is 14.0.